The van der Waals surface area contributed by atoms with E-state index in [2.05, 4.69) is 0 Å². The van der Waals surface area contributed by atoms with Crippen molar-refractivity contribution in [2.75, 3.05) is 12.0 Å². The van der Waals surface area contributed by atoms with Gasteiger partial charge in [0.2, 0.25) is 0 Å². The van der Waals surface area contributed by atoms with Gasteiger partial charge in [0.15, 0.2) is 11.5 Å². The highest BCUT2D eigenvalue weighted by Crippen LogP contribution is 2.30. The third-order valence-electron chi connectivity index (χ3n) is 3.74. The quantitative estimate of drug-likeness (QED) is 0.369. The first kappa shape index (κ1) is 16.3. The van der Waals surface area contributed by atoms with Gasteiger partial charge in [-0.1, -0.05) is 48.5 Å². The topological polar surface area (TPSA) is 80.8 Å². The lowest BCUT2D eigenvalue weighted by molar-refractivity contribution is -0.136. The maximum absolute atomic E-state index is 12.7. The van der Waals surface area contributed by atoms with Gasteiger partial charge < -0.3 is 4.74 Å². The van der Waals surface area contributed by atoms with Gasteiger partial charge in [0, 0.05) is 11.3 Å². The number of benzene rings is 2. The van der Waals surface area contributed by atoms with Crippen LogP contribution in [0.2, 0.25) is 0 Å². The van der Waals surface area contributed by atoms with E-state index in [1.807, 2.05) is 0 Å². The van der Waals surface area contributed by atoms with E-state index < -0.39 is 29.0 Å². The molecule has 0 fully saturated rings. The van der Waals surface area contributed by atoms with Gasteiger partial charge in [-0.15, -0.1) is 0 Å². The Hall–Kier alpha value is -3.54. The standard InChI is InChI=1S/C19H13NO5/c1-25-19(24)15-14(16(21)12-8-4-2-5-9-12)17(22)18(23)20(15)13-10-6-3-7-11-13/h2-11H,1H3. The number of ether oxygens (including phenoxy) is 1. The second-order valence-corrected chi connectivity index (χ2v) is 5.22. The van der Waals surface area contributed by atoms with E-state index >= 15 is 0 Å². The van der Waals surface area contributed by atoms with E-state index in [1.54, 1.807) is 48.5 Å². The van der Waals surface area contributed by atoms with Crippen molar-refractivity contribution in [3.05, 3.63) is 77.5 Å². The van der Waals surface area contributed by atoms with Gasteiger partial charge in [-0.25, -0.2) is 4.79 Å². The van der Waals surface area contributed by atoms with Crippen molar-refractivity contribution in [3.63, 3.8) is 0 Å². The minimum Gasteiger partial charge on any atom is -0.464 e. The highest BCUT2D eigenvalue weighted by atomic mass is 16.5. The minimum absolute atomic E-state index is 0.204. The van der Waals surface area contributed by atoms with E-state index in [9.17, 15) is 19.2 Å². The van der Waals surface area contributed by atoms with E-state index in [1.165, 1.54) is 12.1 Å². The SMILES string of the molecule is COC(=O)C1=C(C(=O)c2ccccc2)C(=O)C(=O)N1c1ccccc1. The summed E-state index contributed by atoms with van der Waals surface area (Å²) in [5.74, 6) is -3.62. The number of hydrogen-bond acceptors (Lipinski definition) is 5. The first-order chi connectivity index (χ1) is 12.1. The first-order valence-corrected chi connectivity index (χ1v) is 7.42. The van der Waals surface area contributed by atoms with Gasteiger partial charge >= 0.3 is 11.9 Å². The molecule has 0 N–H and O–H groups in total. The zero-order valence-corrected chi connectivity index (χ0v) is 13.3. The van der Waals surface area contributed by atoms with Crippen molar-refractivity contribution < 1.29 is 23.9 Å². The van der Waals surface area contributed by atoms with Crippen LogP contribution >= 0.6 is 0 Å². The minimum atomic E-state index is -1.03. The molecule has 1 aliphatic rings. The molecular formula is C19H13NO5. The van der Waals surface area contributed by atoms with Crippen molar-refractivity contribution in [1.82, 2.24) is 0 Å². The fraction of sp³-hybridized carbons (Fsp3) is 0.0526. The zero-order chi connectivity index (χ0) is 18.0. The van der Waals surface area contributed by atoms with Crippen molar-refractivity contribution >= 4 is 29.1 Å². The summed E-state index contributed by atoms with van der Waals surface area (Å²) < 4.78 is 4.70. The molecule has 1 heterocycles. The summed E-state index contributed by atoms with van der Waals surface area (Å²) >= 11 is 0. The summed E-state index contributed by atoms with van der Waals surface area (Å²) in [5.41, 5.74) is -0.337. The van der Waals surface area contributed by atoms with Gasteiger partial charge in [-0.3, -0.25) is 19.3 Å². The second kappa shape index (κ2) is 6.52. The predicted molar refractivity (Wildman–Crippen MR) is 88.7 cm³/mol. The second-order valence-electron chi connectivity index (χ2n) is 5.22. The summed E-state index contributed by atoms with van der Waals surface area (Å²) in [6, 6.07) is 16.1. The molecule has 0 spiro atoms. The molecule has 6 heteroatoms. The molecule has 0 saturated heterocycles. The number of anilines is 1. The summed E-state index contributed by atoms with van der Waals surface area (Å²) in [7, 11) is 1.12. The number of esters is 1. The summed E-state index contributed by atoms with van der Waals surface area (Å²) in [5, 5.41) is 0. The molecule has 2 aromatic carbocycles. The lowest BCUT2D eigenvalue weighted by Gasteiger charge is -2.17. The Balaban J connectivity index is 2.20. The van der Waals surface area contributed by atoms with Crippen LogP contribution in [0.5, 0.6) is 0 Å². The Morgan fingerprint density at radius 2 is 1.44 bits per heavy atom. The molecule has 25 heavy (non-hydrogen) atoms. The van der Waals surface area contributed by atoms with E-state index in [4.69, 9.17) is 4.74 Å². The molecule has 0 aliphatic carbocycles. The molecule has 0 atom stereocenters. The lowest BCUT2D eigenvalue weighted by atomic mass is 10.00. The first-order valence-electron chi connectivity index (χ1n) is 7.42. The van der Waals surface area contributed by atoms with Crippen molar-refractivity contribution in [2.24, 2.45) is 0 Å². The van der Waals surface area contributed by atoms with Crippen molar-refractivity contribution in [1.29, 1.82) is 0 Å². The highest BCUT2D eigenvalue weighted by molar-refractivity contribution is 6.59. The van der Waals surface area contributed by atoms with Crippen LogP contribution in [0.25, 0.3) is 0 Å². The van der Waals surface area contributed by atoms with Crippen LogP contribution < -0.4 is 4.90 Å². The van der Waals surface area contributed by atoms with Crippen LogP contribution in [0.1, 0.15) is 10.4 Å². The molecule has 0 unspecified atom stereocenters. The Morgan fingerprint density at radius 1 is 0.880 bits per heavy atom. The number of methoxy groups -OCH3 is 1. The number of para-hydroxylation sites is 1. The predicted octanol–water partition coefficient (Wildman–Crippen LogP) is 1.91. The average Bonchev–Trinajstić information content (AvgIpc) is 2.93. The number of ketones is 2. The van der Waals surface area contributed by atoms with Gasteiger partial charge in [-0.05, 0) is 12.1 Å². The Labute approximate surface area is 143 Å². The molecule has 3 rings (SSSR count). The molecule has 1 aliphatic heterocycles. The number of carbonyl (C=O) groups is 4. The van der Waals surface area contributed by atoms with Crippen LogP contribution in [0.15, 0.2) is 71.9 Å². The Kier molecular flexibility index (Phi) is 4.26. The van der Waals surface area contributed by atoms with Crippen molar-refractivity contribution in [2.45, 2.75) is 0 Å². The zero-order valence-electron chi connectivity index (χ0n) is 13.3. The van der Waals surface area contributed by atoms with E-state index in [0.29, 0.717) is 5.69 Å². The maximum Gasteiger partial charge on any atom is 0.356 e. The van der Waals surface area contributed by atoms with Gasteiger partial charge in [0.05, 0.1) is 7.11 Å². The molecule has 0 aromatic heterocycles. The molecule has 124 valence electrons. The Bertz CT molecular complexity index is 900. The number of amides is 1. The number of hydrogen-bond donors (Lipinski definition) is 0. The maximum atomic E-state index is 12.7. The molecule has 2 aromatic rings. The van der Waals surface area contributed by atoms with Gasteiger partial charge in [-0.2, -0.15) is 0 Å². The fourth-order valence-corrected chi connectivity index (χ4v) is 2.59. The molecule has 0 saturated carbocycles. The Morgan fingerprint density at radius 3 is 2.00 bits per heavy atom. The van der Waals surface area contributed by atoms with Gasteiger partial charge in [0.1, 0.15) is 5.57 Å². The van der Waals surface area contributed by atoms with Crippen LogP contribution in [-0.2, 0) is 19.1 Å². The lowest BCUT2D eigenvalue weighted by Crippen LogP contribution is -2.31. The largest absolute Gasteiger partial charge is 0.464 e. The highest BCUT2D eigenvalue weighted by Gasteiger charge is 2.46. The summed E-state index contributed by atoms with van der Waals surface area (Å²) in [6.07, 6.45) is 0. The van der Waals surface area contributed by atoms with Gasteiger partial charge in [0.25, 0.3) is 5.78 Å². The van der Waals surface area contributed by atoms with Crippen LogP contribution in [0.4, 0.5) is 5.69 Å². The summed E-state index contributed by atoms with van der Waals surface area (Å²) in [6.45, 7) is 0. The number of carbonyl (C=O) groups excluding carboxylic acids is 4. The smallest absolute Gasteiger partial charge is 0.356 e. The number of nitrogens with zero attached hydrogens (tertiary/aromatic N) is 1. The van der Waals surface area contributed by atoms with Crippen LogP contribution in [-0.4, -0.2) is 30.6 Å². The van der Waals surface area contributed by atoms with Crippen LogP contribution in [0, 0.1) is 0 Å². The molecular weight excluding hydrogens is 322 g/mol. The van der Waals surface area contributed by atoms with E-state index in [0.717, 1.165) is 12.0 Å². The average molecular weight is 335 g/mol. The van der Waals surface area contributed by atoms with Crippen molar-refractivity contribution in [3.8, 4) is 0 Å². The molecule has 0 radical (unpaired) electrons. The molecule has 0 bridgehead atoms. The normalized spacial score (nSPS) is 14.0. The van der Waals surface area contributed by atoms with E-state index in [-0.39, 0.29) is 11.3 Å². The molecule has 1 amide bonds. The third kappa shape index (κ3) is 2.74. The monoisotopic (exact) mass is 335 g/mol. The van der Waals surface area contributed by atoms with Crippen LogP contribution in [0.3, 0.4) is 0 Å². The number of rotatable bonds is 4. The summed E-state index contributed by atoms with van der Waals surface area (Å²) in [4.78, 5) is 50.8. The third-order valence-corrected chi connectivity index (χ3v) is 3.74. The fourth-order valence-electron chi connectivity index (χ4n) is 2.59. The molecule has 6 nitrogen and oxygen atoms in total. The number of Topliss-reactive ketones (excluding diaryl/α,β-unsaturated/α-hetero) is 2.